The first-order valence-electron chi connectivity index (χ1n) is 6.18. The van der Waals surface area contributed by atoms with E-state index in [0.29, 0.717) is 6.54 Å². The monoisotopic (exact) mass is 253 g/mol. The zero-order valence-corrected chi connectivity index (χ0v) is 11.2. The first kappa shape index (κ1) is 12.6. The van der Waals surface area contributed by atoms with Gasteiger partial charge in [-0.15, -0.1) is 11.3 Å². The van der Waals surface area contributed by atoms with Crippen molar-refractivity contribution in [1.29, 1.82) is 0 Å². The van der Waals surface area contributed by atoms with Crippen molar-refractivity contribution in [3.8, 4) is 0 Å². The van der Waals surface area contributed by atoms with Gasteiger partial charge in [0.15, 0.2) is 0 Å². The summed E-state index contributed by atoms with van der Waals surface area (Å²) in [5.41, 5.74) is 1.26. The average molecular weight is 253 g/mol. The number of carbonyl (C=O) groups excluding carboxylic acids is 1. The lowest BCUT2D eigenvalue weighted by atomic mass is 10.1. The van der Waals surface area contributed by atoms with E-state index in [9.17, 15) is 9.90 Å². The Labute approximate surface area is 106 Å². The van der Waals surface area contributed by atoms with Crippen molar-refractivity contribution < 1.29 is 9.90 Å². The largest absolute Gasteiger partial charge is 0.391 e. The molecule has 1 N–H and O–H groups in total. The Morgan fingerprint density at radius 3 is 3.00 bits per heavy atom. The van der Waals surface area contributed by atoms with Gasteiger partial charge in [0.1, 0.15) is 0 Å². The number of amides is 1. The minimum absolute atomic E-state index is 0.0801. The van der Waals surface area contributed by atoms with Crippen LogP contribution in [0.5, 0.6) is 0 Å². The quantitative estimate of drug-likeness (QED) is 0.878. The van der Waals surface area contributed by atoms with Gasteiger partial charge in [0.05, 0.1) is 11.0 Å². The maximum absolute atomic E-state index is 12.3. The van der Waals surface area contributed by atoms with Crippen LogP contribution in [0.4, 0.5) is 0 Å². The van der Waals surface area contributed by atoms with Gasteiger partial charge < -0.3 is 10.0 Å². The van der Waals surface area contributed by atoms with E-state index in [-0.39, 0.29) is 12.0 Å². The highest BCUT2D eigenvalue weighted by atomic mass is 32.1. The SMILES string of the molecule is CCc1cc(C(=O)N2CCC[C@H](O)C2)sc1C. The molecule has 1 fully saturated rings. The van der Waals surface area contributed by atoms with E-state index in [1.807, 2.05) is 6.07 Å². The van der Waals surface area contributed by atoms with Crippen molar-refractivity contribution >= 4 is 17.2 Å². The lowest BCUT2D eigenvalue weighted by Crippen LogP contribution is -2.41. The molecular weight excluding hydrogens is 234 g/mol. The number of aryl methyl sites for hydroxylation is 2. The van der Waals surface area contributed by atoms with Crippen molar-refractivity contribution in [2.24, 2.45) is 0 Å². The van der Waals surface area contributed by atoms with Crippen LogP contribution in [-0.2, 0) is 6.42 Å². The average Bonchev–Trinajstić information content (AvgIpc) is 2.69. The fourth-order valence-electron chi connectivity index (χ4n) is 2.27. The fraction of sp³-hybridized carbons (Fsp3) is 0.615. The Bertz CT molecular complexity index is 414. The fourth-order valence-corrected chi connectivity index (χ4v) is 3.35. The van der Waals surface area contributed by atoms with E-state index in [1.54, 1.807) is 16.2 Å². The molecule has 17 heavy (non-hydrogen) atoms. The number of thiophene rings is 1. The number of hydrogen-bond acceptors (Lipinski definition) is 3. The van der Waals surface area contributed by atoms with Crippen LogP contribution in [0.1, 0.15) is 39.9 Å². The number of likely N-dealkylation sites (tertiary alicyclic amines) is 1. The Morgan fingerprint density at radius 1 is 1.65 bits per heavy atom. The molecule has 1 aliphatic rings. The van der Waals surface area contributed by atoms with E-state index in [0.717, 1.165) is 30.7 Å². The van der Waals surface area contributed by atoms with Crippen molar-refractivity contribution in [2.45, 2.75) is 39.2 Å². The summed E-state index contributed by atoms with van der Waals surface area (Å²) in [6.45, 7) is 5.42. The number of aliphatic hydroxyl groups is 1. The standard InChI is InChI=1S/C13H19NO2S/c1-3-10-7-12(17-9(10)2)13(16)14-6-4-5-11(15)8-14/h7,11,15H,3-6,8H2,1-2H3/t11-/m0/s1. The molecule has 0 unspecified atom stereocenters. The molecule has 1 saturated heterocycles. The van der Waals surface area contributed by atoms with Gasteiger partial charge in [0.25, 0.3) is 5.91 Å². The molecule has 3 nitrogen and oxygen atoms in total. The van der Waals surface area contributed by atoms with E-state index in [1.165, 1.54) is 10.4 Å². The molecule has 0 bridgehead atoms. The van der Waals surface area contributed by atoms with Crippen molar-refractivity contribution in [1.82, 2.24) is 4.90 Å². The molecule has 1 aliphatic heterocycles. The molecule has 2 heterocycles. The molecule has 0 aromatic carbocycles. The summed E-state index contributed by atoms with van der Waals surface area (Å²) < 4.78 is 0. The lowest BCUT2D eigenvalue weighted by molar-refractivity contribution is 0.0477. The Kier molecular flexibility index (Phi) is 3.84. The van der Waals surface area contributed by atoms with E-state index >= 15 is 0 Å². The predicted octanol–water partition coefficient (Wildman–Crippen LogP) is 2.22. The van der Waals surface area contributed by atoms with Gasteiger partial charge in [-0.1, -0.05) is 6.92 Å². The maximum atomic E-state index is 12.3. The van der Waals surface area contributed by atoms with E-state index < -0.39 is 0 Å². The molecule has 4 heteroatoms. The third kappa shape index (κ3) is 2.69. The van der Waals surface area contributed by atoms with Gasteiger partial charge in [-0.3, -0.25) is 4.79 Å². The van der Waals surface area contributed by atoms with Gasteiger partial charge in [0.2, 0.25) is 0 Å². The van der Waals surface area contributed by atoms with Gasteiger partial charge in [0, 0.05) is 18.0 Å². The summed E-state index contributed by atoms with van der Waals surface area (Å²) in [5.74, 6) is 0.0801. The Morgan fingerprint density at radius 2 is 2.41 bits per heavy atom. The second-order valence-electron chi connectivity index (χ2n) is 4.59. The second kappa shape index (κ2) is 5.19. The minimum atomic E-state index is -0.348. The van der Waals surface area contributed by atoms with Crippen LogP contribution in [0.25, 0.3) is 0 Å². The molecule has 1 aromatic rings. The van der Waals surface area contributed by atoms with Crippen molar-refractivity contribution in [3.63, 3.8) is 0 Å². The van der Waals surface area contributed by atoms with Crippen molar-refractivity contribution in [2.75, 3.05) is 13.1 Å². The second-order valence-corrected chi connectivity index (χ2v) is 5.85. The van der Waals surface area contributed by atoms with Gasteiger partial charge >= 0.3 is 0 Å². The van der Waals surface area contributed by atoms with Gasteiger partial charge in [-0.25, -0.2) is 0 Å². The van der Waals surface area contributed by atoms with Crippen LogP contribution in [0.15, 0.2) is 6.07 Å². The number of hydrogen-bond donors (Lipinski definition) is 1. The molecule has 0 radical (unpaired) electrons. The van der Waals surface area contributed by atoms with Gasteiger partial charge in [-0.2, -0.15) is 0 Å². The zero-order chi connectivity index (χ0) is 12.4. The smallest absolute Gasteiger partial charge is 0.264 e. The molecular formula is C13H19NO2S. The Balaban J connectivity index is 2.13. The highest BCUT2D eigenvalue weighted by Gasteiger charge is 2.24. The number of rotatable bonds is 2. The summed E-state index contributed by atoms with van der Waals surface area (Å²) in [4.78, 5) is 16.1. The molecule has 0 saturated carbocycles. The normalized spacial score (nSPS) is 20.6. The molecule has 1 atom stereocenters. The molecule has 94 valence electrons. The highest BCUT2D eigenvalue weighted by molar-refractivity contribution is 7.14. The summed E-state index contributed by atoms with van der Waals surface area (Å²) in [6, 6.07) is 2.00. The molecule has 0 spiro atoms. The van der Waals surface area contributed by atoms with Crippen LogP contribution in [-0.4, -0.2) is 35.1 Å². The van der Waals surface area contributed by atoms with Crippen LogP contribution in [0.3, 0.4) is 0 Å². The third-order valence-electron chi connectivity index (χ3n) is 3.30. The third-order valence-corrected chi connectivity index (χ3v) is 4.38. The number of piperidine rings is 1. The Hall–Kier alpha value is -0.870. The number of aliphatic hydroxyl groups excluding tert-OH is 1. The van der Waals surface area contributed by atoms with Gasteiger partial charge in [-0.05, 0) is 37.8 Å². The molecule has 1 aromatic heterocycles. The van der Waals surface area contributed by atoms with E-state index in [2.05, 4.69) is 13.8 Å². The first-order chi connectivity index (χ1) is 8.11. The number of carbonyl (C=O) groups is 1. The first-order valence-corrected chi connectivity index (χ1v) is 7.00. The van der Waals surface area contributed by atoms with Crippen LogP contribution < -0.4 is 0 Å². The summed E-state index contributed by atoms with van der Waals surface area (Å²) in [6.07, 6.45) is 2.34. The van der Waals surface area contributed by atoms with E-state index in [4.69, 9.17) is 0 Å². The lowest BCUT2D eigenvalue weighted by Gasteiger charge is -2.29. The zero-order valence-electron chi connectivity index (χ0n) is 10.4. The molecule has 2 rings (SSSR count). The highest BCUT2D eigenvalue weighted by Crippen LogP contribution is 2.24. The topological polar surface area (TPSA) is 40.5 Å². The van der Waals surface area contributed by atoms with Crippen molar-refractivity contribution in [3.05, 3.63) is 21.4 Å². The predicted molar refractivity (Wildman–Crippen MR) is 69.6 cm³/mol. The minimum Gasteiger partial charge on any atom is -0.391 e. The summed E-state index contributed by atoms with van der Waals surface area (Å²) >= 11 is 1.57. The van der Waals surface area contributed by atoms with Crippen LogP contribution >= 0.6 is 11.3 Å². The van der Waals surface area contributed by atoms with Crippen LogP contribution in [0.2, 0.25) is 0 Å². The summed E-state index contributed by atoms with van der Waals surface area (Å²) in [5, 5.41) is 9.59. The molecule has 0 aliphatic carbocycles. The van der Waals surface area contributed by atoms with Crippen LogP contribution in [0, 0.1) is 6.92 Å². The summed E-state index contributed by atoms with van der Waals surface area (Å²) in [7, 11) is 0. The number of nitrogens with zero attached hydrogens (tertiary/aromatic N) is 1. The maximum Gasteiger partial charge on any atom is 0.264 e. The number of β-amino-alcohol motifs (C(OH)–C–C–N with tert-alkyl or cyclic N) is 1. The molecule has 1 amide bonds.